The summed E-state index contributed by atoms with van der Waals surface area (Å²) in [4.78, 5) is 28.0. The largest absolute Gasteiger partial charge is 0.352 e. The zero-order valence-corrected chi connectivity index (χ0v) is 25.1. The SMILES string of the molecule is C[C@H](C(=O)NC1CCCC1)N(Cc1c(Cl)cccc1Cl)C(=O)CCCN(c1cc(Cl)ccc1Cl)S(C)(=O)=O. The molecule has 0 spiro atoms. The second-order valence-corrected chi connectivity index (χ2v) is 13.0. The van der Waals surface area contributed by atoms with E-state index in [0.717, 1.165) is 36.2 Å². The number of carbonyl (C=O) groups is 2. The summed E-state index contributed by atoms with van der Waals surface area (Å²) >= 11 is 25.1. The van der Waals surface area contributed by atoms with Gasteiger partial charge in [0.25, 0.3) is 0 Å². The van der Waals surface area contributed by atoms with Crippen molar-refractivity contribution in [3.8, 4) is 0 Å². The van der Waals surface area contributed by atoms with Crippen molar-refractivity contribution in [2.45, 2.75) is 64.1 Å². The first kappa shape index (κ1) is 30.8. The Kier molecular flexibility index (Phi) is 11.0. The minimum absolute atomic E-state index is 0.00598. The van der Waals surface area contributed by atoms with Crippen LogP contribution in [0.2, 0.25) is 20.1 Å². The molecule has 0 radical (unpaired) electrons. The predicted molar refractivity (Wildman–Crippen MR) is 155 cm³/mol. The molecular formula is C26H31Cl4N3O4S. The highest BCUT2D eigenvalue weighted by atomic mass is 35.5. The van der Waals surface area contributed by atoms with Crippen LogP contribution in [0.4, 0.5) is 5.69 Å². The molecule has 1 aliphatic carbocycles. The van der Waals surface area contributed by atoms with Gasteiger partial charge in [-0.2, -0.15) is 0 Å². The van der Waals surface area contributed by atoms with Crippen molar-refractivity contribution in [3.05, 3.63) is 62.1 Å². The Morgan fingerprint density at radius 2 is 1.66 bits per heavy atom. The Labute approximate surface area is 244 Å². The molecule has 2 aromatic rings. The number of anilines is 1. The minimum atomic E-state index is -3.71. The van der Waals surface area contributed by atoms with Gasteiger partial charge in [0.1, 0.15) is 6.04 Å². The maximum absolute atomic E-state index is 13.5. The summed E-state index contributed by atoms with van der Waals surface area (Å²) in [6.07, 6.45) is 5.17. The Balaban J connectivity index is 1.78. The number of nitrogens with zero attached hydrogens (tertiary/aromatic N) is 2. The van der Waals surface area contributed by atoms with Crippen LogP contribution in [-0.4, -0.2) is 50.0 Å². The highest BCUT2D eigenvalue weighted by Crippen LogP contribution is 2.31. The fourth-order valence-corrected chi connectivity index (χ4v) is 6.41. The van der Waals surface area contributed by atoms with Gasteiger partial charge in [-0.05, 0) is 56.5 Å². The molecule has 3 rings (SSSR count). The standard InChI is InChI=1S/C26H31Cl4N3O4S/c1-17(26(35)31-19-7-3-4-8-19)32(16-20-21(28)9-5-10-22(20)29)25(34)11-6-14-33(38(2,36)37)24-15-18(27)12-13-23(24)30/h5,9-10,12-13,15,17,19H,3-4,6-8,11,14,16H2,1-2H3,(H,31,35)/t17-/m1/s1. The van der Waals surface area contributed by atoms with E-state index in [0.29, 0.717) is 20.6 Å². The van der Waals surface area contributed by atoms with Crippen molar-refractivity contribution in [1.82, 2.24) is 10.2 Å². The Bertz CT molecular complexity index is 1250. The number of amides is 2. The van der Waals surface area contributed by atoms with Gasteiger partial charge < -0.3 is 10.2 Å². The molecule has 1 atom stereocenters. The lowest BCUT2D eigenvalue weighted by Crippen LogP contribution is -2.49. The van der Waals surface area contributed by atoms with Gasteiger partial charge >= 0.3 is 0 Å². The third kappa shape index (κ3) is 8.15. The van der Waals surface area contributed by atoms with E-state index < -0.39 is 16.1 Å². The molecule has 7 nitrogen and oxygen atoms in total. The van der Waals surface area contributed by atoms with Gasteiger partial charge in [0.15, 0.2) is 0 Å². The molecule has 1 saturated carbocycles. The Hall–Kier alpha value is -1.71. The maximum Gasteiger partial charge on any atom is 0.242 e. The number of sulfonamides is 1. The summed E-state index contributed by atoms with van der Waals surface area (Å²) in [7, 11) is -3.71. The van der Waals surface area contributed by atoms with Gasteiger partial charge in [0.05, 0.1) is 17.0 Å². The number of carbonyl (C=O) groups excluding carboxylic acids is 2. The van der Waals surface area contributed by atoms with Gasteiger partial charge in [-0.3, -0.25) is 13.9 Å². The number of hydrogen-bond acceptors (Lipinski definition) is 4. The van der Waals surface area contributed by atoms with Crippen LogP contribution in [0.1, 0.15) is 51.0 Å². The van der Waals surface area contributed by atoms with Crippen molar-refractivity contribution in [2.75, 3.05) is 17.1 Å². The number of hydrogen-bond donors (Lipinski definition) is 1. The summed E-state index contributed by atoms with van der Waals surface area (Å²) in [6.45, 7) is 1.70. The van der Waals surface area contributed by atoms with Gasteiger partial charge in [-0.15, -0.1) is 0 Å². The van der Waals surface area contributed by atoms with Gasteiger partial charge in [0.2, 0.25) is 21.8 Å². The number of benzene rings is 2. The molecule has 2 amide bonds. The Morgan fingerprint density at radius 3 is 2.26 bits per heavy atom. The molecule has 38 heavy (non-hydrogen) atoms. The second kappa shape index (κ2) is 13.6. The summed E-state index contributed by atoms with van der Waals surface area (Å²) in [5.41, 5.74) is 0.770. The average molecular weight is 623 g/mol. The molecule has 1 aliphatic rings. The predicted octanol–water partition coefficient (Wildman–Crippen LogP) is 6.32. The highest BCUT2D eigenvalue weighted by Gasteiger charge is 2.30. The van der Waals surface area contributed by atoms with Crippen LogP contribution in [-0.2, 0) is 26.2 Å². The summed E-state index contributed by atoms with van der Waals surface area (Å²) < 4.78 is 26.2. The molecule has 0 aromatic heterocycles. The third-order valence-corrected chi connectivity index (χ3v) is 9.03. The zero-order valence-electron chi connectivity index (χ0n) is 21.2. The number of rotatable bonds is 11. The van der Waals surface area contributed by atoms with Crippen molar-refractivity contribution in [3.63, 3.8) is 0 Å². The quantitative estimate of drug-likeness (QED) is 0.318. The molecular weight excluding hydrogens is 592 g/mol. The van der Waals surface area contributed by atoms with Gasteiger partial charge in [0, 0.05) is 46.2 Å². The molecule has 0 heterocycles. The van der Waals surface area contributed by atoms with Crippen LogP contribution in [0.25, 0.3) is 0 Å². The monoisotopic (exact) mass is 621 g/mol. The van der Waals surface area contributed by atoms with Crippen LogP contribution in [0.15, 0.2) is 36.4 Å². The van der Waals surface area contributed by atoms with Gasteiger partial charge in [-0.1, -0.05) is 65.3 Å². The van der Waals surface area contributed by atoms with E-state index in [1.165, 1.54) is 17.0 Å². The normalized spacial score (nSPS) is 14.8. The van der Waals surface area contributed by atoms with E-state index in [1.807, 2.05) is 0 Å². The lowest BCUT2D eigenvalue weighted by molar-refractivity contribution is -0.140. The average Bonchev–Trinajstić information content (AvgIpc) is 3.35. The highest BCUT2D eigenvalue weighted by molar-refractivity contribution is 7.92. The zero-order chi connectivity index (χ0) is 28.0. The van der Waals surface area contributed by atoms with E-state index >= 15 is 0 Å². The molecule has 12 heteroatoms. The van der Waals surface area contributed by atoms with E-state index in [1.54, 1.807) is 31.2 Å². The second-order valence-electron chi connectivity index (χ2n) is 9.42. The van der Waals surface area contributed by atoms with Crippen LogP contribution in [0.3, 0.4) is 0 Å². The molecule has 1 N–H and O–H groups in total. The number of nitrogens with one attached hydrogen (secondary N) is 1. The van der Waals surface area contributed by atoms with E-state index in [2.05, 4.69) is 5.32 Å². The fraction of sp³-hybridized carbons (Fsp3) is 0.462. The lowest BCUT2D eigenvalue weighted by Gasteiger charge is -2.31. The van der Waals surface area contributed by atoms with Gasteiger partial charge in [-0.25, -0.2) is 8.42 Å². The Morgan fingerprint density at radius 1 is 1.03 bits per heavy atom. The smallest absolute Gasteiger partial charge is 0.242 e. The molecule has 0 bridgehead atoms. The minimum Gasteiger partial charge on any atom is -0.352 e. The molecule has 0 saturated heterocycles. The van der Waals surface area contributed by atoms with Crippen molar-refractivity contribution in [2.24, 2.45) is 0 Å². The van der Waals surface area contributed by atoms with Crippen molar-refractivity contribution >= 4 is 73.9 Å². The van der Waals surface area contributed by atoms with Crippen LogP contribution < -0.4 is 9.62 Å². The van der Waals surface area contributed by atoms with E-state index in [-0.39, 0.29) is 54.5 Å². The molecule has 0 aliphatic heterocycles. The first-order chi connectivity index (χ1) is 17.9. The van der Waals surface area contributed by atoms with Crippen LogP contribution in [0, 0.1) is 0 Å². The first-order valence-corrected chi connectivity index (χ1v) is 15.7. The third-order valence-electron chi connectivity index (χ3n) is 6.59. The molecule has 2 aromatic carbocycles. The van der Waals surface area contributed by atoms with E-state index in [4.69, 9.17) is 46.4 Å². The van der Waals surface area contributed by atoms with Crippen LogP contribution >= 0.6 is 46.4 Å². The molecule has 208 valence electrons. The van der Waals surface area contributed by atoms with E-state index in [9.17, 15) is 18.0 Å². The first-order valence-electron chi connectivity index (χ1n) is 12.3. The summed E-state index contributed by atoms with van der Waals surface area (Å²) in [6, 6.07) is 8.90. The van der Waals surface area contributed by atoms with Crippen LogP contribution in [0.5, 0.6) is 0 Å². The topological polar surface area (TPSA) is 86.8 Å². The lowest BCUT2D eigenvalue weighted by atomic mass is 10.1. The fourth-order valence-electron chi connectivity index (χ4n) is 4.49. The van der Waals surface area contributed by atoms with Crippen molar-refractivity contribution < 1.29 is 18.0 Å². The molecule has 0 unspecified atom stereocenters. The summed E-state index contributed by atoms with van der Waals surface area (Å²) in [5, 5.41) is 4.37. The summed E-state index contributed by atoms with van der Waals surface area (Å²) in [5.74, 6) is -0.586. The molecule has 1 fully saturated rings. The van der Waals surface area contributed by atoms with Crippen molar-refractivity contribution in [1.29, 1.82) is 0 Å². The maximum atomic E-state index is 13.5. The number of halogens is 4.